The largest absolute Gasteiger partial charge is 0.506 e. The molecule has 0 atom stereocenters. The average molecular weight is 211 g/mol. The number of nitrogens with one attached hydrogen (secondary N) is 1. The minimum atomic E-state index is -1.28. The number of benzene rings is 1. The molecule has 0 bridgehead atoms. The standard InChI is InChI=1S/C9H9NO5/c1-4(11)10-8-6(12)2-5(9(14)15)3-7(8)13/h2-3,12-13H,1H3,(H,10,11)(H,14,15). The minimum Gasteiger partial charge on any atom is -0.506 e. The molecule has 80 valence electrons. The molecular formula is C9H9NO5. The zero-order valence-electron chi connectivity index (χ0n) is 7.81. The van der Waals surface area contributed by atoms with E-state index in [0.717, 1.165) is 12.1 Å². The average Bonchev–Trinajstić information content (AvgIpc) is 2.10. The molecule has 0 spiro atoms. The molecule has 0 heterocycles. The number of carbonyl (C=O) groups is 2. The Morgan fingerprint density at radius 2 is 1.67 bits per heavy atom. The van der Waals surface area contributed by atoms with Crippen LogP contribution in [0.3, 0.4) is 0 Å². The summed E-state index contributed by atoms with van der Waals surface area (Å²) in [5.74, 6) is -2.76. The second-order valence-electron chi connectivity index (χ2n) is 2.88. The Hall–Kier alpha value is -2.24. The molecule has 0 saturated heterocycles. The Morgan fingerprint density at radius 1 is 1.20 bits per heavy atom. The first-order chi connectivity index (χ1) is 6.91. The van der Waals surface area contributed by atoms with Crippen LogP contribution in [-0.4, -0.2) is 27.2 Å². The van der Waals surface area contributed by atoms with Gasteiger partial charge in [-0.05, 0) is 12.1 Å². The summed E-state index contributed by atoms with van der Waals surface area (Å²) in [6.07, 6.45) is 0. The second kappa shape index (κ2) is 3.87. The molecule has 0 aliphatic rings. The van der Waals surface area contributed by atoms with Crippen molar-refractivity contribution in [3.63, 3.8) is 0 Å². The van der Waals surface area contributed by atoms with E-state index in [1.165, 1.54) is 6.92 Å². The first-order valence-corrected chi connectivity index (χ1v) is 3.98. The fraction of sp³-hybridized carbons (Fsp3) is 0.111. The molecule has 4 N–H and O–H groups in total. The maximum atomic E-state index is 10.7. The maximum Gasteiger partial charge on any atom is 0.335 e. The fourth-order valence-electron chi connectivity index (χ4n) is 1.04. The van der Waals surface area contributed by atoms with Gasteiger partial charge in [0.1, 0.15) is 17.2 Å². The normalized spacial score (nSPS) is 9.67. The van der Waals surface area contributed by atoms with Crippen molar-refractivity contribution in [2.75, 3.05) is 5.32 Å². The molecule has 0 saturated carbocycles. The Bertz CT molecular complexity index is 404. The van der Waals surface area contributed by atoms with Crippen LogP contribution in [0.15, 0.2) is 12.1 Å². The number of aromatic carboxylic acids is 1. The van der Waals surface area contributed by atoms with E-state index in [9.17, 15) is 19.8 Å². The highest BCUT2D eigenvalue weighted by Gasteiger charge is 2.13. The SMILES string of the molecule is CC(=O)Nc1c(O)cc(C(=O)O)cc1O. The second-order valence-corrected chi connectivity index (χ2v) is 2.88. The lowest BCUT2D eigenvalue weighted by atomic mass is 10.1. The highest BCUT2D eigenvalue weighted by atomic mass is 16.4. The number of aromatic hydroxyl groups is 2. The topological polar surface area (TPSA) is 107 Å². The highest BCUT2D eigenvalue weighted by Crippen LogP contribution is 2.34. The molecule has 15 heavy (non-hydrogen) atoms. The summed E-state index contributed by atoms with van der Waals surface area (Å²) in [5, 5.41) is 29.4. The first-order valence-electron chi connectivity index (χ1n) is 3.98. The van der Waals surface area contributed by atoms with Gasteiger partial charge in [0, 0.05) is 6.92 Å². The Kier molecular flexibility index (Phi) is 2.80. The summed E-state index contributed by atoms with van der Waals surface area (Å²) >= 11 is 0. The van der Waals surface area contributed by atoms with Crippen molar-refractivity contribution >= 4 is 17.6 Å². The van der Waals surface area contributed by atoms with E-state index in [-0.39, 0.29) is 11.3 Å². The fourth-order valence-corrected chi connectivity index (χ4v) is 1.04. The zero-order chi connectivity index (χ0) is 11.6. The monoisotopic (exact) mass is 211 g/mol. The maximum absolute atomic E-state index is 10.7. The van der Waals surface area contributed by atoms with Crippen LogP contribution >= 0.6 is 0 Å². The lowest BCUT2D eigenvalue weighted by molar-refractivity contribution is -0.114. The van der Waals surface area contributed by atoms with Crippen molar-refractivity contribution in [1.29, 1.82) is 0 Å². The Labute approximate surface area is 84.8 Å². The molecular weight excluding hydrogens is 202 g/mol. The van der Waals surface area contributed by atoms with Crippen molar-refractivity contribution in [2.24, 2.45) is 0 Å². The number of amides is 1. The van der Waals surface area contributed by atoms with Crippen molar-refractivity contribution in [1.82, 2.24) is 0 Å². The van der Waals surface area contributed by atoms with E-state index >= 15 is 0 Å². The van der Waals surface area contributed by atoms with E-state index in [4.69, 9.17) is 5.11 Å². The van der Waals surface area contributed by atoms with Crippen molar-refractivity contribution in [3.05, 3.63) is 17.7 Å². The van der Waals surface area contributed by atoms with Crippen LogP contribution < -0.4 is 5.32 Å². The summed E-state index contributed by atoms with van der Waals surface area (Å²) in [4.78, 5) is 21.2. The van der Waals surface area contributed by atoms with Gasteiger partial charge in [0.2, 0.25) is 5.91 Å². The van der Waals surface area contributed by atoms with Crippen LogP contribution in [0.5, 0.6) is 11.5 Å². The van der Waals surface area contributed by atoms with E-state index < -0.39 is 23.4 Å². The highest BCUT2D eigenvalue weighted by molar-refractivity contribution is 5.95. The third-order valence-corrected chi connectivity index (χ3v) is 1.64. The molecule has 1 amide bonds. The van der Waals surface area contributed by atoms with E-state index in [0.29, 0.717) is 0 Å². The van der Waals surface area contributed by atoms with Gasteiger partial charge in [-0.3, -0.25) is 4.79 Å². The lowest BCUT2D eigenvalue weighted by Crippen LogP contribution is -2.07. The number of hydrogen-bond donors (Lipinski definition) is 4. The molecule has 0 aliphatic heterocycles. The Balaban J connectivity index is 3.21. The number of hydrogen-bond acceptors (Lipinski definition) is 4. The van der Waals surface area contributed by atoms with E-state index in [1.54, 1.807) is 0 Å². The van der Waals surface area contributed by atoms with Gasteiger partial charge in [-0.15, -0.1) is 0 Å². The van der Waals surface area contributed by atoms with Gasteiger partial charge in [-0.1, -0.05) is 0 Å². The first kappa shape index (κ1) is 10.8. The number of phenolic OH excluding ortho intramolecular Hbond substituents is 2. The third-order valence-electron chi connectivity index (χ3n) is 1.64. The van der Waals surface area contributed by atoms with Crippen LogP contribution in [0.25, 0.3) is 0 Å². The quantitative estimate of drug-likeness (QED) is 0.540. The molecule has 6 nitrogen and oxygen atoms in total. The summed E-state index contributed by atoms with van der Waals surface area (Å²) in [7, 11) is 0. The summed E-state index contributed by atoms with van der Waals surface area (Å²) < 4.78 is 0. The lowest BCUT2D eigenvalue weighted by Gasteiger charge is -2.08. The van der Waals surface area contributed by atoms with Gasteiger partial charge in [0.15, 0.2) is 0 Å². The number of carboxylic acid groups (broad SMARTS) is 1. The van der Waals surface area contributed by atoms with Crippen LogP contribution in [0.4, 0.5) is 5.69 Å². The van der Waals surface area contributed by atoms with Gasteiger partial charge in [0.25, 0.3) is 0 Å². The predicted molar refractivity (Wildman–Crippen MR) is 51.0 cm³/mol. The predicted octanol–water partition coefficient (Wildman–Crippen LogP) is 0.754. The Morgan fingerprint density at radius 3 is 2.00 bits per heavy atom. The number of anilines is 1. The summed E-state index contributed by atoms with van der Waals surface area (Å²) in [6, 6.07) is 1.88. The molecule has 0 aromatic heterocycles. The molecule has 1 rings (SSSR count). The van der Waals surface area contributed by atoms with Gasteiger partial charge >= 0.3 is 5.97 Å². The van der Waals surface area contributed by atoms with E-state index in [1.807, 2.05) is 0 Å². The van der Waals surface area contributed by atoms with Gasteiger partial charge in [-0.25, -0.2) is 4.79 Å². The molecule has 0 aliphatic carbocycles. The van der Waals surface area contributed by atoms with Crippen molar-refractivity contribution < 1.29 is 24.9 Å². The van der Waals surface area contributed by atoms with Gasteiger partial charge < -0.3 is 20.6 Å². The zero-order valence-corrected chi connectivity index (χ0v) is 7.81. The number of carboxylic acids is 1. The van der Waals surface area contributed by atoms with Crippen LogP contribution in [0, 0.1) is 0 Å². The number of phenols is 2. The van der Waals surface area contributed by atoms with E-state index in [2.05, 4.69) is 5.32 Å². The van der Waals surface area contributed by atoms with Gasteiger partial charge in [0.05, 0.1) is 5.56 Å². The summed E-state index contributed by atoms with van der Waals surface area (Å²) in [6.45, 7) is 1.20. The van der Waals surface area contributed by atoms with Crippen molar-refractivity contribution in [2.45, 2.75) is 6.92 Å². The molecule has 0 unspecified atom stereocenters. The summed E-state index contributed by atoms with van der Waals surface area (Å²) in [5.41, 5.74) is -0.466. The molecule has 1 aromatic rings. The molecule has 0 fully saturated rings. The molecule has 6 heteroatoms. The molecule has 0 radical (unpaired) electrons. The third kappa shape index (κ3) is 2.37. The number of carbonyl (C=O) groups excluding carboxylic acids is 1. The van der Waals surface area contributed by atoms with Crippen LogP contribution in [-0.2, 0) is 4.79 Å². The van der Waals surface area contributed by atoms with Crippen molar-refractivity contribution in [3.8, 4) is 11.5 Å². The van der Waals surface area contributed by atoms with Gasteiger partial charge in [-0.2, -0.15) is 0 Å². The smallest absolute Gasteiger partial charge is 0.335 e. The van der Waals surface area contributed by atoms with Crippen LogP contribution in [0.1, 0.15) is 17.3 Å². The number of rotatable bonds is 2. The molecule has 1 aromatic carbocycles. The minimum absolute atomic E-state index is 0.201. The van der Waals surface area contributed by atoms with Crippen LogP contribution in [0.2, 0.25) is 0 Å².